The quantitative estimate of drug-likeness (QED) is 0.847. The number of nitrogens with zero attached hydrogens (tertiary/aromatic N) is 4. The Labute approximate surface area is 135 Å². The number of primary amides is 1. The molecule has 2 aromatic rings. The number of carbonyl (C=O) groups excluding carboxylic acids is 2. The molecule has 0 spiro atoms. The molecule has 1 unspecified atom stereocenters. The van der Waals surface area contributed by atoms with Crippen LogP contribution < -0.4 is 11.1 Å². The van der Waals surface area contributed by atoms with Gasteiger partial charge in [-0.2, -0.15) is 10.2 Å². The fourth-order valence-electron chi connectivity index (χ4n) is 2.19. The van der Waals surface area contributed by atoms with Crippen LogP contribution in [0.2, 0.25) is 0 Å². The van der Waals surface area contributed by atoms with E-state index in [4.69, 9.17) is 5.73 Å². The predicted molar refractivity (Wildman–Crippen MR) is 84.5 cm³/mol. The summed E-state index contributed by atoms with van der Waals surface area (Å²) in [5.41, 5.74) is 7.38. The Morgan fingerprint density at radius 1 is 1.41 bits per heavy atom. The highest BCUT2D eigenvalue weighted by Crippen LogP contribution is 2.23. The van der Waals surface area contributed by atoms with Crippen molar-refractivity contribution in [2.75, 3.05) is 5.32 Å². The Balaban J connectivity index is 2.26. The maximum absolute atomic E-state index is 12.4. The van der Waals surface area contributed by atoms with Crippen LogP contribution in [0.4, 0.5) is 5.69 Å². The van der Waals surface area contributed by atoms with E-state index in [1.807, 2.05) is 13.8 Å². The van der Waals surface area contributed by atoms with Crippen molar-refractivity contribution in [1.82, 2.24) is 19.6 Å². The average Bonchev–Trinajstić information content (AvgIpc) is 2.93. The van der Waals surface area contributed by atoms with Crippen LogP contribution in [0.1, 0.15) is 34.8 Å². The molecule has 0 aliphatic heterocycles. The zero-order valence-corrected chi connectivity index (χ0v) is 14.3. The summed E-state index contributed by atoms with van der Waals surface area (Å²) in [7, 11) is 1.58. The van der Waals surface area contributed by atoms with Crippen molar-refractivity contribution in [3.8, 4) is 0 Å². The van der Waals surface area contributed by atoms with E-state index >= 15 is 0 Å². The Bertz CT molecular complexity index is 748. The Morgan fingerprint density at radius 2 is 2.05 bits per heavy atom. The number of halogens is 1. The monoisotopic (exact) mass is 368 g/mol. The summed E-state index contributed by atoms with van der Waals surface area (Å²) in [4.78, 5) is 23.8. The molecule has 0 saturated heterocycles. The van der Waals surface area contributed by atoms with Gasteiger partial charge in [0.25, 0.3) is 5.91 Å². The van der Waals surface area contributed by atoms with Crippen molar-refractivity contribution in [1.29, 1.82) is 0 Å². The van der Waals surface area contributed by atoms with Crippen LogP contribution in [-0.2, 0) is 11.8 Å². The second-order valence-electron chi connectivity index (χ2n) is 4.99. The molecule has 22 heavy (non-hydrogen) atoms. The number of rotatable bonds is 4. The first-order valence-corrected chi connectivity index (χ1v) is 7.37. The molecule has 0 saturated carbocycles. The lowest BCUT2D eigenvalue weighted by atomic mass is 10.2. The Morgan fingerprint density at radius 3 is 2.55 bits per heavy atom. The van der Waals surface area contributed by atoms with Crippen LogP contribution in [0.3, 0.4) is 0 Å². The third-order valence-corrected chi connectivity index (χ3v) is 4.56. The second kappa shape index (κ2) is 5.91. The predicted octanol–water partition coefficient (Wildman–Crippen LogP) is 1.29. The largest absolute Gasteiger partial charge is 0.364 e. The fourth-order valence-corrected chi connectivity index (χ4v) is 2.45. The van der Waals surface area contributed by atoms with Crippen LogP contribution in [0, 0.1) is 13.8 Å². The van der Waals surface area contributed by atoms with Gasteiger partial charge in [-0.15, -0.1) is 0 Å². The SMILES string of the molecule is Cc1nn(C(C)C(=O)Nc2cnn(C)c2C(N)=O)c(C)c1Br. The van der Waals surface area contributed by atoms with Gasteiger partial charge in [0.05, 0.1) is 27.7 Å². The third kappa shape index (κ3) is 2.76. The molecule has 2 aromatic heterocycles. The first-order valence-electron chi connectivity index (χ1n) is 6.58. The van der Waals surface area contributed by atoms with Crippen LogP contribution in [0.25, 0.3) is 0 Å². The van der Waals surface area contributed by atoms with Gasteiger partial charge in [0, 0.05) is 7.05 Å². The lowest BCUT2D eigenvalue weighted by molar-refractivity contribution is -0.119. The summed E-state index contributed by atoms with van der Waals surface area (Å²) in [6.45, 7) is 5.44. The van der Waals surface area contributed by atoms with E-state index in [-0.39, 0.29) is 17.3 Å². The molecule has 0 aliphatic rings. The van der Waals surface area contributed by atoms with E-state index in [9.17, 15) is 9.59 Å². The number of aromatic nitrogens is 4. The lowest BCUT2D eigenvalue weighted by Crippen LogP contribution is -2.27. The molecule has 2 heterocycles. The molecule has 2 rings (SSSR count). The normalized spacial score (nSPS) is 12.2. The smallest absolute Gasteiger partial charge is 0.269 e. The van der Waals surface area contributed by atoms with Gasteiger partial charge in [0.2, 0.25) is 5.91 Å². The van der Waals surface area contributed by atoms with Gasteiger partial charge in [-0.3, -0.25) is 19.0 Å². The maximum Gasteiger partial charge on any atom is 0.269 e. The molecule has 9 heteroatoms. The van der Waals surface area contributed by atoms with Crippen molar-refractivity contribution < 1.29 is 9.59 Å². The standard InChI is InChI=1S/C13H17BrN6O2/c1-6-10(14)7(2)20(18-6)8(3)13(22)17-9-5-16-19(4)11(9)12(15)21/h5,8H,1-4H3,(H2,15,21)(H,17,22). The molecule has 1 atom stereocenters. The second-order valence-corrected chi connectivity index (χ2v) is 5.78. The summed E-state index contributed by atoms with van der Waals surface area (Å²) in [5.74, 6) is -0.967. The van der Waals surface area contributed by atoms with Gasteiger partial charge in [0.1, 0.15) is 11.7 Å². The molecule has 0 radical (unpaired) electrons. The molecule has 3 N–H and O–H groups in total. The number of amides is 2. The zero-order chi connectivity index (χ0) is 16.6. The topological polar surface area (TPSA) is 108 Å². The fraction of sp³-hybridized carbons (Fsp3) is 0.385. The van der Waals surface area contributed by atoms with E-state index < -0.39 is 11.9 Å². The molecule has 0 fully saturated rings. The minimum absolute atomic E-state index is 0.148. The molecule has 0 bridgehead atoms. The first-order chi connectivity index (χ1) is 10.2. The van der Waals surface area contributed by atoms with Gasteiger partial charge < -0.3 is 11.1 Å². The summed E-state index contributed by atoms with van der Waals surface area (Å²) in [5, 5.41) is 10.9. The van der Waals surface area contributed by atoms with E-state index in [1.165, 1.54) is 10.9 Å². The number of hydrogen-bond acceptors (Lipinski definition) is 4. The average molecular weight is 369 g/mol. The molecule has 2 amide bonds. The molecule has 0 aromatic carbocycles. The van der Waals surface area contributed by atoms with Crippen molar-refractivity contribution in [2.24, 2.45) is 12.8 Å². The lowest BCUT2D eigenvalue weighted by Gasteiger charge is -2.14. The number of aryl methyl sites for hydroxylation is 2. The number of anilines is 1. The molecule has 118 valence electrons. The van der Waals surface area contributed by atoms with Gasteiger partial charge in [0.15, 0.2) is 0 Å². The maximum atomic E-state index is 12.4. The van der Waals surface area contributed by atoms with Gasteiger partial charge in [-0.25, -0.2) is 0 Å². The molecular formula is C13H17BrN6O2. The van der Waals surface area contributed by atoms with Crippen LogP contribution >= 0.6 is 15.9 Å². The van der Waals surface area contributed by atoms with Crippen molar-refractivity contribution in [2.45, 2.75) is 26.8 Å². The number of carbonyl (C=O) groups is 2. The third-order valence-electron chi connectivity index (χ3n) is 3.41. The minimum atomic E-state index is -0.656. The summed E-state index contributed by atoms with van der Waals surface area (Å²) in [6.07, 6.45) is 1.39. The van der Waals surface area contributed by atoms with E-state index in [1.54, 1.807) is 18.7 Å². The van der Waals surface area contributed by atoms with Crippen molar-refractivity contribution >= 4 is 33.4 Å². The number of nitrogens with one attached hydrogen (secondary N) is 1. The van der Waals surface area contributed by atoms with Crippen LogP contribution in [-0.4, -0.2) is 31.4 Å². The highest BCUT2D eigenvalue weighted by atomic mass is 79.9. The van der Waals surface area contributed by atoms with Gasteiger partial charge in [-0.05, 0) is 36.7 Å². The zero-order valence-electron chi connectivity index (χ0n) is 12.7. The highest BCUT2D eigenvalue weighted by molar-refractivity contribution is 9.10. The Hall–Kier alpha value is -2.16. The summed E-state index contributed by atoms with van der Waals surface area (Å²) >= 11 is 3.43. The van der Waals surface area contributed by atoms with Crippen LogP contribution in [0.5, 0.6) is 0 Å². The molecular weight excluding hydrogens is 352 g/mol. The summed E-state index contributed by atoms with van der Waals surface area (Å²) in [6, 6.07) is -0.550. The van der Waals surface area contributed by atoms with E-state index in [0.717, 1.165) is 15.9 Å². The Kier molecular flexibility index (Phi) is 4.36. The van der Waals surface area contributed by atoms with Gasteiger partial charge in [-0.1, -0.05) is 0 Å². The van der Waals surface area contributed by atoms with Crippen molar-refractivity contribution in [3.05, 3.63) is 27.8 Å². The molecule has 0 aliphatic carbocycles. The first kappa shape index (κ1) is 16.2. The van der Waals surface area contributed by atoms with Crippen LogP contribution in [0.15, 0.2) is 10.7 Å². The highest BCUT2D eigenvalue weighted by Gasteiger charge is 2.23. The number of hydrogen-bond donors (Lipinski definition) is 2. The van der Waals surface area contributed by atoms with Gasteiger partial charge >= 0.3 is 0 Å². The molecule has 8 nitrogen and oxygen atoms in total. The number of nitrogens with two attached hydrogens (primary N) is 1. The summed E-state index contributed by atoms with van der Waals surface area (Å²) < 4.78 is 3.81. The van der Waals surface area contributed by atoms with E-state index in [2.05, 4.69) is 31.4 Å². The van der Waals surface area contributed by atoms with Crippen molar-refractivity contribution in [3.63, 3.8) is 0 Å². The minimum Gasteiger partial charge on any atom is -0.364 e. The van der Waals surface area contributed by atoms with E-state index in [0.29, 0.717) is 0 Å².